The maximum Gasteiger partial charge on any atom is 0.219 e. The molecule has 4 aromatic heterocycles. The molecule has 8 nitrogen and oxygen atoms in total. The molecular weight excluding hydrogens is 414 g/mol. The predicted molar refractivity (Wildman–Crippen MR) is 128 cm³/mol. The molecule has 0 saturated carbocycles. The van der Waals surface area contributed by atoms with Crippen molar-refractivity contribution in [1.82, 2.24) is 24.9 Å². The minimum Gasteiger partial charge on any atom is -0.464 e. The van der Waals surface area contributed by atoms with Gasteiger partial charge in [0.15, 0.2) is 0 Å². The topological polar surface area (TPSA) is 116 Å². The van der Waals surface area contributed by atoms with Crippen molar-refractivity contribution in [3.05, 3.63) is 78.2 Å². The fourth-order valence-electron chi connectivity index (χ4n) is 3.75. The molecule has 33 heavy (non-hydrogen) atoms. The van der Waals surface area contributed by atoms with E-state index in [9.17, 15) is 0 Å². The largest absolute Gasteiger partial charge is 0.464 e. The Kier molecular flexibility index (Phi) is 5.18. The summed E-state index contributed by atoms with van der Waals surface area (Å²) in [6.07, 6.45) is 6.89. The Morgan fingerprint density at radius 3 is 2.55 bits per heavy atom. The van der Waals surface area contributed by atoms with Crippen LogP contribution in [0.5, 0.6) is 0 Å². The van der Waals surface area contributed by atoms with Crippen LogP contribution >= 0.6 is 0 Å². The Hall–Kier alpha value is -4.33. The monoisotopic (exact) mass is 437 g/mol. The van der Waals surface area contributed by atoms with Crippen LogP contribution in [0.25, 0.3) is 33.5 Å². The average Bonchev–Trinajstić information content (AvgIpc) is 3.19. The summed E-state index contributed by atoms with van der Waals surface area (Å²) in [6, 6.07) is 12.0. The smallest absolute Gasteiger partial charge is 0.219 e. The number of rotatable bonds is 5. The van der Waals surface area contributed by atoms with Gasteiger partial charge in [-0.05, 0) is 62.2 Å². The number of nitrogen functional groups attached to an aromatic ring is 1. The first kappa shape index (κ1) is 20.6. The summed E-state index contributed by atoms with van der Waals surface area (Å²) >= 11 is 0. The standard InChI is InChI=1S/C25H23N7O/c1-14-13-33-23-5-4-18(8-20(14)23)22-10-24(32-16(3)31-22)30-15(2)17-6-7-27-21(9-17)19-11-28-25(26)29-12-19/h4-13,15H,1-3H3,(H2,26,28,29)(H,30,31,32). The molecule has 1 unspecified atom stereocenters. The third-order valence-corrected chi connectivity index (χ3v) is 5.52. The molecule has 8 heteroatoms. The van der Waals surface area contributed by atoms with Crippen molar-refractivity contribution < 1.29 is 4.42 Å². The first-order chi connectivity index (χ1) is 16.0. The summed E-state index contributed by atoms with van der Waals surface area (Å²) in [5.74, 6) is 1.69. The summed E-state index contributed by atoms with van der Waals surface area (Å²) in [7, 11) is 0. The van der Waals surface area contributed by atoms with Crippen molar-refractivity contribution in [3.8, 4) is 22.5 Å². The first-order valence-corrected chi connectivity index (χ1v) is 10.6. The molecule has 164 valence electrons. The van der Waals surface area contributed by atoms with Gasteiger partial charge in [-0.15, -0.1) is 0 Å². The molecule has 0 radical (unpaired) electrons. The summed E-state index contributed by atoms with van der Waals surface area (Å²) in [4.78, 5) is 21.8. The second-order valence-electron chi connectivity index (χ2n) is 7.99. The van der Waals surface area contributed by atoms with Gasteiger partial charge in [-0.25, -0.2) is 19.9 Å². The lowest BCUT2D eigenvalue weighted by Gasteiger charge is -2.17. The lowest BCUT2D eigenvalue weighted by atomic mass is 10.1. The Morgan fingerprint density at radius 1 is 0.909 bits per heavy atom. The number of hydrogen-bond acceptors (Lipinski definition) is 8. The minimum atomic E-state index is -0.0119. The van der Waals surface area contributed by atoms with Gasteiger partial charge in [-0.2, -0.15) is 0 Å². The van der Waals surface area contributed by atoms with Gasteiger partial charge >= 0.3 is 0 Å². The van der Waals surface area contributed by atoms with E-state index in [1.807, 2.05) is 44.2 Å². The zero-order chi connectivity index (χ0) is 22.9. The molecule has 0 saturated heterocycles. The number of furan rings is 1. The highest BCUT2D eigenvalue weighted by molar-refractivity contribution is 5.85. The normalized spacial score (nSPS) is 12.1. The molecule has 0 amide bonds. The van der Waals surface area contributed by atoms with Gasteiger partial charge in [0.05, 0.1) is 23.7 Å². The van der Waals surface area contributed by atoms with E-state index in [0.717, 1.165) is 50.4 Å². The molecule has 1 atom stereocenters. The molecule has 0 aliphatic rings. The molecule has 0 bridgehead atoms. The third kappa shape index (κ3) is 4.23. The molecule has 5 rings (SSSR count). The van der Waals surface area contributed by atoms with Crippen LogP contribution in [0.2, 0.25) is 0 Å². The Balaban J connectivity index is 1.42. The van der Waals surface area contributed by atoms with Crippen molar-refractivity contribution in [2.45, 2.75) is 26.8 Å². The van der Waals surface area contributed by atoms with Gasteiger partial charge in [0, 0.05) is 41.2 Å². The molecule has 3 N–H and O–H groups in total. The van der Waals surface area contributed by atoms with Crippen LogP contribution in [0.15, 0.2) is 65.7 Å². The van der Waals surface area contributed by atoms with Crippen molar-refractivity contribution in [2.75, 3.05) is 11.1 Å². The number of nitrogens with two attached hydrogens (primary N) is 1. The van der Waals surface area contributed by atoms with Crippen LogP contribution < -0.4 is 11.1 Å². The van der Waals surface area contributed by atoms with E-state index in [1.165, 1.54) is 0 Å². The Morgan fingerprint density at radius 2 is 1.73 bits per heavy atom. The van der Waals surface area contributed by atoms with E-state index < -0.39 is 0 Å². The van der Waals surface area contributed by atoms with E-state index in [-0.39, 0.29) is 12.0 Å². The zero-order valence-corrected chi connectivity index (χ0v) is 18.6. The number of fused-ring (bicyclic) bond motifs is 1. The van der Waals surface area contributed by atoms with Gasteiger partial charge in [-0.1, -0.05) is 0 Å². The second-order valence-corrected chi connectivity index (χ2v) is 7.99. The van der Waals surface area contributed by atoms with Crippen molar-refractivity contribution in [3.63, 3.8) is 0 Å². The average molecular weight is 438 g/mol. The van der Waals surface area contributed by atoms with Gasteiger partial charge in [-0.3, -0.25) is 4.98 Å². The van der Waals surface area contributed by atoms with Crippen LogP contribution in [0, 0.1) is 13.8 Å². The maximum absolute atomic E-state index is 5.59. The summed E-state index contributed by atoms with van der Waals surface area (Å²) in [5.41, 5.74) is 12.1. The fourth-order valence-corrected chi connectivity index (χ4v) is 3.75. The number of aromatic nitrogens is 5. The van der Waals surface area contributed by atoms with Gasteiger partial charge in [0.25, 0.3) is 0 Å². The third-order valence-electron chi connectivity index (χ3n) is 5.52. The van der Waals surface area contributed by atoms with E-state index >= 15 is 0 Å². The van der Waals surface area contributed by atoms with Crippen LogP contribution in [-0.2, 0) is 0 Å². The van der Waals surface area contributed by atoms with E-state index in [1.54, 1.807) is 24.9 Å². The number of nitrogens with one attached hydrogen (secondary N) is 1. The SMILES string of the molecule is Cc1nc(NC(C)c2ccnc(-c3cnc(N)nc3)c2)cc(-c2ccc3occ(C)c3c2)n1. The van der Waals surface area contributed by atoms with E-state index in [0.29, 0.717) is 5.82 Å². The Bertz CT molecular complexity index is 1440. The number of hydrogen-bond donors (Lipinski definition) is 2. The van der Waals surface area contributed by atoms with Crippen molar-refractivity contribution >= 4 is 22.7 Å². The summed E-state index contributed by atoms with van der Waals surface area (Å²) < 4.78 is 5.57. The van der Waals surface area contributed by atoms with Crippen LogP contribution in [-0.4, -0.2) is 24.9 Å². The molecule has 0 aliphatic heterocycles. The maximum atomic E-state index is 5.59. The predicted octanol–water partition coefficient (Wildman–Crippen LogP) is 5.11. The quantitative estimate of drug-likeness (QED) is 0.389. The zero-order valence-electron chi connectivity index (χ0n) is 18.6. The number of pyridine rings is 1. The fraction of sp³-hybridized carbons (Fsp3) is 0.160. The molecule has 0 fully saturated rings. The highest BCUT2D eigenvalue weighted by atomic mass is 16.3. The molecular formula is C25H23N7O. The number of benzene rings is 1. The molecule has 0 spiro atoms. The molecule has 0 aliphatic carbocycles. The number of nitrogens with zero attached hydrogens (tertiary/aromatic N) is 5. The van der Waals surface area contributed by atoms with Gasteiger partial charge in [0.1, 0.15) is 17.2 Å². The lowest BCUT2D eigenvalue weighted by Crippen LogP contribution is -2.09. The molecule has 1 aromatic carbocycles. The summed E-state index contributed by atoms with van der Waals surface area (Å²) in [6.45, 7) is 6.01. The Labute approximate surface area is 191 Å². The highest BCUT2D eigenvalue weighted by Crippen LogP contribution is 2.29. The second kappa shape index (κ2) is 8.31. The van der Waals surface area contributed by atoms with E-state index in [2.05, 4.69) is 43.2 Å². The molecule has 5 aromatic rings. The summed E-state index contributed by atoms with van der Waals surface area (Å²) in [5, 5.41) is 4.58. The van der Waals surface area contributed by atoms with Crippen LogP contribution in [0.3, 0.4) is 0 Å². The van der Waals surface area contributed by atoms with Crippen molar-refractivity contribution in [1.29, 1.82) is 0 Å². The van der Waals surface area contributed by atoms with Crippen LogP contribution in [0.4, 0.5) is 11.8 Å². The van der Waals surface area contributed by atoms with Crippen LogP contribution in [0.1, 0.15) is 29.9 Å². The van der Waals surface area contributed by atoms with Crippen molar-refractivity contribution in [2.24, 2.45) is 0 Å². The number of anilines is 2. The van der Waals surface area contributed by atoms with Gasteiger partial charge in [0.2, 0.25) is 5.95 Å². The molecule has 4 heterocycles. The highest BCUT2D eigenvalue weighted by Gasteiger charge is 2.12. The van der Waals surface area contributed by atoms with E-state index in [4.69, 9.17) is 10.2 Å². The lowest BCUT2D eigenvalue weighted by molar-refractivity contribution is 0.613. The van der Waals surface area contributed by atoms with Gasteiger partial charge < -0.3 is 15.5 Å². The first-order valence-electron chi connectivity index (χ1n) is 10.6. The number of aryl methyl sites for hydroxylation is 2. The minimum absolute atomic E-state index is 0.0119.